The van der Waals surface area contributed by atoms with Crippen molar-refractivity contribution in [1.29, 1.82) is 0 Å². The maximum absolute atomic E-state index is 11.9. The van der Waals surface area contributed by atoms with Gasteiger partial charge in [0.25, 0.3) is 0 Å². The molecule has 0 aliphatic carbocycles. The minimum absolute atomic E-state index is 0.0725. The van der Waals surface area contributed by atoms with Crippen LogP contribution in [0.25, 0.3) is 0 Å². The highest BCUT2D eigenvalue weighted by Crippen LogP contribution is 2.16. The lowest BCUT2D eigenvalue weighted by Crippen LogP contribution is -2.27. The van der Waals surface area contributed by atoms with Gasteiger partial charge in [0, 0.05) is 6.42 Å². The SMILES string of the molecule is CCC(CCN)CCC(=O)N[C@H](C)c1ccccc1. The zero-order chi connectivity index (χ0) is 14.1. The van der Waals surface area contributed by atoms with Crippen LogP contribution < -0.4 is 11.1 Å². The van der Waals surface area contributed by atoms with Gasteiger partial charge in [0.1, 0.15) is 0 Å². The van der Waals surface area contributed by atoms with E-state index in [2.05, 4.69) is 12.2 Å². The van der Waals surface area contributed by atoms with Crippen LogP contribution in [0.3, 0.4) is 0 Å². The Balaban J connectivity index is 2.35. The van der Waals surface area contributed by atoms with Gasteiger partial charge in [-0.25, -0.2) is 0 Å². The number of carbonyl (C=O) groups excluding carboxylic acids is 1. The Morgan fingerprint density at radius 3 is 2.53 bits per heavy atom. The molecule has 0 aromatic heterocycles. The van der Waals surface area contributed by atoms with Gasteiger partial charge in [-0.3, -0.25) is 4.79 Å². The molecule has 0 saturated carbocycles. The highest BCUT2D eigenvalue weighted by atomic mass is 16.1. The van der Waals surface area contributed by atoms with Gasteiger partial charge in [-0.05, 0) is 37.8 Å². The Morgan fingerprint density at radius 2 is 1.95 bits per heavy atom. The summed E-state index contributed by atoms with van der Waals surface area (Å²) < 4.78 is 0. The topological polar surface area (TPSA) is 55.1 Å². The summed E-state index contributed by atoms with van der Waals surface area (Å²) >= 11 is 0. The number of nitrogens with two attached hydrogens (primary N) is 1. The molecule has 1 aromatic rings. The minimum Gasteiger partial charge on any atom is -0.350 e. The summed E-state index contributed by atoms with van der Waals surface area (Å²) in [5.41, 5.74) is 6.71. The first kappa shape index (κ1) is 15.7. The van der Waals surface area contributed by atoms with Gasteiger partial charge in [0.15, 0.2) is 0 Å². The number of carbonyl (C=O) groups is 1. The average Bonchev–Trinajstić information content (AvgIpc) is 2.44. The molecule has 0 aliphatic heterocycles. The molecule has 3 heteroatoms. The van der Waals surface area contributed by atoms with Crippen LogP contribution >= 0.6 is 0 Å². The minimum atomic E-state index is 0.0725. The van der Waals surface area contributed by atoms with Crippen LogP contribution in [0.5, 0.6) is 0 Å². The van der Waals surface area contributed by atoms with Crippen molar-refractivity contribution in [3.8, 4) is 0 Å². The second kappa shape index (κ2) is 8.70. The molecule has 0 fully saturated rings. The second-order valence-electron chi connectivity index (χ2n) is 5.09. The van der Waals surface area contributed by atoms with Crippen LogP contribution in [-0.2, 0) is 4.79 Å². The highest BCUT2D eigenvalue weighted by molar-refractivity contribution is 5.76. The molecular formula is C16H26N2O. The van der Waals surface area contributed by atoms with Crippen molar-refractivity contribution in [2.75, 3.05) is 6.54 Å². The van der Waals surface area contributed by atoms with E-state index in [1.165, 1.54) is 0 Å². The molecule has 0 saturated heterocycles. The van der Waals surface area contributed by atoms with Crippen molar-refractivity contribution in [2.45, 2.75) is 45.6 Å². The smallest absolute Gasteiger partial charge is 0.220 e. The Morgan fingerprint density at radius 1 is 1.26 bits per heavy atom. The van der Waals surface area contributed by atoms with Crippen molar-refractivity contribution in [3.63, 3.8) is 0 Å². The zero-order valence-electron chi connectivity index (χ0n) is 12.1. The predicted molar refractivity (Wildman–Crippen MR) is 79.7 cm³/mol. The van der Waals surface area contributed by atoms with E-state index < -0.39 is 0 Å². The third-order valence-electron chi connectivity index (χ3n) is 3.61. The summed E-state index contributed by atoms with van der Waals surface area (Å²) in [7, 11) is 0. The molecule has 106 valence electrons. The maximum Gasteiger partial charge on any atom is 0.220 e. The summed E-state index contributed by atoms with van der Waals surface area (Å²) in [6.07, 6.45) is 3.63. The first-order chi connectivity index (χ1) is 9.17. The fourth-order valence-corrected chi connectivity index (χ4v) is 2.26. The molecule has 1 amide bonds. The molecule has 3 nitrogen and oxygen atoms in total. The molecule has 1 rings (SSSR count). The van der Waals surface area contributed by atoms with Crippen LogP contribution in [-0.4, -0.2) is 12.5 Å². The normalized spacial score (nSPS) is 13.8. The first-order valence-electron chi connectivity index (χ1n) is 7.21. The molecule has 1 aromatic carbocycles. The van der Waals surface area contributed by atoms with E-state index in [1.807, 2.05) is 37.3 Å². The van der Waals surface area contributed by atoms with E-state index in [4.69, 9.17) is 5.73 Å². The van der Waals surface area contributed by atoms with E-state index in [1.54, 1.807) is 0 Å². The fraction of sp³-hybridized carbons (Fsp3) is 0.562. The number of amides is 1. The molecule has 0 bridgehead atoms. The standard InChI is InChI=1S/C16H26N2O/c1-3-14(11-12-17)9-10-16(19)18-13(2)15-7-5-4-6-8-15/h4-8,13-14H,3,9-12,17H2,1-2H3,(H,18,19)/t13-,14?/m1/s1. The van der Waals surface area contributed by atoms with Gasteiger partial charge in [-0.1, -0.05) is 43.7 Å². The number of nitrogens with one attached hydrogen (secondary N) is 1. The molecule has 0 radical (unpaired) electrons. The van der Waals surface area contributed by atoms with E-state index in [9.17, 15) is 4.79 Å². The summed E-state index contributed by atoms with van der Waals surface area (Å²) in [6, 6.07) is 10.1. The molecule has 1 unspecified atom stereocenters. The lowest BCUT2D eigenvalue weighted by atomic mass is 9.96. The number of rotatable bonds is 8. The van der Waals surface area contributed by atoms with Crippen LogP contribution in [0.2, 0.25) is 0 Å². The van der Waals surface area contributed by atoms with Gasteiger partial charge >= 0.3 is 0 Å². The van der Waals surface area contributed by atoms with Gasteiger partial charge in [0.05, 0.1) is 6.04 Å². The predicted octanol–water partition coefficient (Wildman–Crippen LogP) is 3.02. The Labute approximate surface area is 116 Å². The average molecular weight is 262 g/mol. The van der Waals surface area contributed by atoms with Crippen LogP contribution in [0.1, 0.15) is 51.1 Å². The van der Waals surface area contributed by atoms with Crippen LogP contribution in [0, 0.1) is 5.92 Å². The zero-order valence-corrected chi connectivity index (χ0v) is 12.1. The summed E-state index contributed by atoms with van der Waals surface area (Å²) in [6.45, 7) is 4.88. The Bertz CT molecular complexity index is 364. The van der Waals surface area contributed by atoms with Crippen LogP contribution in [0.15, 0.2) is 30.3 Å². The largest absolute Gasteiger partial charge is 0.350 e. The monoisotopic (exact) mass is 262 g/mol. The quantitative estimate of drug-likeness (QED) is 0.756. The van der Waals surface area contributed by atoms with Gasteiger partial charge in [-0.15, -0.1) is 0 Å². The molecule has 0 spiro atoms. The summed E-state index contributed by atoms with van der Waals surface area (Å²) in [5, 5.41) is 3.05. The van der Waals surface area contributed by atoms with Gasteiger partial charge in [0.2, 0.25) is 5.91 Å². The van der Waals surface area contributed by atoms with Crippen LogP contribution in [0.4, 0.5) is 0 Å². The summed E-state index contributed by atoms with van der Waals surface area (Å²) in [5.74, 6) is 0.703. The number of hydrogen-bond acceptors (Lipinski definition) is 2. The summed E-state index contributed by atoms with van der Waals surface area (Å²) in [4.78, 5) is 11.9. The van der Waals surface area contributed by atoms with E-state index in [0.717, 1.165) is 24.8 Å². The number of benzene rings is 1. The highest BCUT2D eigenvalue weighted by Gasteiger charge is 2.11. The fourth-order valence-electron chi connectivity index (χ4n) is 2.26. The van der Waals surface area contributed by atoms with Crippen molar-refractivity contribution < 1.29 is 4.79 Å². The van der Waals surface area contributed by atoms with Crippen molar-refractivity contribution in [1.82, 2.24) is 5.32 Å². The Kier molecular flexibility index (Phi) is 7.19. The molecule has 3 N–H and O–H groups in total. The molecule has 2 atom stereocenters. The molecule has 0 heterocycles. The second-order valence-corrected chi connectivity index (χ2v) is 5.09. The molecular weight excluding hydrogens is 236 g/mol. The number of hydrogen-bond donors (Lipinski definition) is 2. The van der Waals surface area contributed by atoms with Crippen molar-refractivity contribution >= 4 is 5.91 Å². The van der Waals surface area contributed by atoms with Crippen molar-refractivity contribution in [3.05, 3.63) is 35.9 Å². The third-order valence-corrected chi connectivity index (χ3v) is 3.61. The molecule has 19 heavy (non-hydrogen) atoms. The van der Waals surface area contributed by atoms with Gasteiger partial charge in [-0.2, -0.15) is 0 Å². The van der Waals surface area contributed by atoms with E-state index in [-0.39, 0.29) is 11.9 Å². The van der Waals surface area contributed by atoms with E-state index >= 15 is 0 Å². The lowest BCUT2D eigenvalue weighted by Gasteiger charge is -2.16. The lowest BCUT2D eigenvalue weighted by molar-refractivity contribution is -0.122. The Hall–Kier alpha value is -1.35. The molecule has 0 aliphatic rings. The first-order valence-corrected chi connectivity index (χ1v) is 7.21. The maximum atomic E-state index is 11.9. The van der Waals surface area contributed by atoms with Crippen molar-refractivity contribution in [2.24, 2.45) is 11.7 Å². The third kappa shape index (κ3) is 5.88. The van der Waals surface area contributed by atoms with E-state index in [0.29, 0.717) is 18.9 Å². The van der Waals surface area contributed by atoms with Gasteiger partial charge < -0.3 is 11.1 Å².